The molecule has 3 N–H and O–H groups in total. The van der Waals surface area contributed by atoms with Crippen LogP contribution in [-0.2, 0) is 17.8 Å². The number of ether oxygens (including phenoxy) is 1. The Bertz CT molecular complexity index is 1500. The number of carbonyl (C=O) groups excluding carboxylic acids is 1. The number of benzene rings is 1. The van der Waals surface area contributed by atoms with Gasteiger partial charge >= 0.3 is 5.69 Å². The van der Waals surface area contributed by atoms with Crippen molar-refractivity contribution in [1.82, 2.24) is 19.4 Å². The van der Waals surface area contributed by atoms with E-state index in [0.29, 0.717) is 52.5 Å². The first-order valence-electron chi connectivity index (χ1n) is 11.7. The van der Waals surface area contributed by atoms with Crippen LogP contribution in [0.15, 0.2) is 50.7 Å². The van der Waals surface area contributed by atoms with Crippen LogP contribution in [0.25, 0.3) is 21.0 Å². The minimum atomic E-state index is -0.823. The Balaban J connectivity index is 0.000000747. The molecule has 5 rings (SSSR count). The second kappa shape index (κ2) is 11.5. The standard InChI is InChI=1S/C23H22N4O5S.C2H6O2/c1-13-17-21(29)27(15-7-9-24-19(15)28)23(30)26(11-8-14-5-3-4-6-16(14)31-2)22(17)33-18(13)20-25-10-12-32-20;3-1-2-4/h3-6,10,12,15H,7-9,11H2,1-2H3,(H,24,28);3-4H,1-2H2. The lowest BCUT2D eigenvalue weighted by Gasteiger charge is -2.16. The Morgan fingerprint density at radius 1 is 1.22 bits per heavy atom. The van der Waals surface area contributed by atoms with Crippen molar-refractivity contribution < 1.29 is 24.2 Å². The molecule has 1 aliphatic heterocycles. The first-order valence-corrected chi connectivity index (χ1v) is 12.5. The van der Waals surface area contributed by atoms with Crippen LogP contribution in [0.3, 0.4) is 0 Å². The van der Waals surface area contributed by atoms with Crippen molar-refractivity contribution >= 4 is 27.5 Å². The fourth-order valence-corrected chi connectivity index (χ4v) is 5.60. The second-order valence-corrected chi connectivity index (χ2v) is 9.29. The number of oxazole rings is 1. The summed E-state index contributed by atoms with van der Waals surface area (Å²) in [6, 6.07) is 6.79. The number of amides is 1. The topological polar surface area (TPSA) is 149 Å². The van der Waals surface area contributed by atoms with Crippen LogP contribution in [0, 0.1) is 6.92 Å². The van der Waals surface area contributed by atoms with Crippen LogP contribution in [0.5, 0.6) is 5.75 Å². The summed E-state index contributed by atoms with van der Waals surface area (Å²) in [6.45, 7) is 2.31. The summed E-state index contributed by atoms with van der Waals surface area (Å²) < 4.78 is 13.6. The molecule has 1 fully saturated rings. The molecule has 1 aliphatic rings. The number of hydrogen-bond acceptors (Lipinski definition) is 9. The third kappa shape index (κ3) is 5.08. The molecule has 0 spiro atoms. The summed E-state index contributed by atoms with van der Waals surface area (Å²) in [4.78, 5) is 45.0. The van der Waals surface area contributed by atoms with Gasteiger partial charge in [0.25, 0.3) is 5.56 Å². The fourth-order valence-electron chi connectivity index (χ4n) is 4.35. The highest BCUT2D eigenvalue weighted by molar-refractivity contribution is 7.22. The van der Waals surface area contributed by atoms with Crippen molar-refractivity contribution in [2.75, 3.05) is 26.9 Å². The summed E-state index contributed by atoms with van der Waals surface area (Å²) in [5.74, 6) is 0.806. The van der Waals surface area contributed by atoms with Crippen molar-refractivity contribution in [2.45, 2.75) is 32.4 Å². The molecule has 12 heteroatoms. The van der Waals surface area contributed by atoms with E-state index >= 15 is 0 Å². The van der Waals surface area contributed by atoms with Gasteiger partial charge in [0, 0.05) is 13.1 Å². The molecule has 3 aromatic heterocycles. The van der Waals surface area contributed by atoms with E-state index in [2.05, 4.69) is 10.3 Å². The van der Waals surface area contributed by atoms with Gasteiger partial charge in [-0.25, -0.2) is 14.3 Å². The van der Waals surface area contributed by atoms with E-state index in [-0.39, 0.29) is 19.1 Å². The number of fused-ring (bicyclic) bond motifs is 1. The van der Waals surface area contributed by atoms with E-state index in [1.54, 1.807) is 11.7 Å². The lowest BCUT2D eigenvalue weighted by Crippen LogP contribution is -2.44. The van der Waals surface area contributed by atoms with Gasteiger partial charge in [0.2, 0.25) is 11.8 Å². The monoisotopic (exact) mass is 528 g/mol. The zero-order valence-electron chi connectivity index (χ0n) is 20.5. The summed E-state index contributed by atoms with van der Waals surface area (Å²) in [6.07, 6.45) is 3.91. The average molecular weight is 529 g/mol. The molecule has 196 valence electrons. The SMILES string of the molecule is COc1ccccc1CCn1c(=O)n(C2CCNC2=O)c(=O)c2c(C)c(-c3ncco3)sc21.OCCO. The largest absolute Gasteiger partial charge is 0.496 e. The maximum absolute atomic E-state index is 13.6. The number of nitrogens with zero attached hydrogens (tertiary/aromatic N) is 3. The van der Waals surface area contributed by atoms with E-state index in [1.807, 2.05) is 31.2 Å². The highest BCUT2D eigenvalue weighted by Crippen LogP contribution is 2.35. The van der Waals surface area contributed by atoms with E-state index in [1.165, 1.54) is 23.8 Å². The van der Waals surface area contributed by atoms with Gasteiger partial charge in [-0.2, -0.15) is 0 Å². The van der Waals surface area contributed by atoms with Crippen LogP contribution in [0.1, 0.15) is 23.6 Å². The molecule has 4 heterocycles. The Morgan fingerprint density at radius 3 is 2.59 bits per heavy atom. The fraction of sp³-hybridized carbons (Fsp3) is 0.360. The number of rotatable bonds is 7. The molecule has 1 aromatic carbocycles. The second-order valence-electron chi connectivity index (χ2n) is 8.29. The highest BCUT2D eigenvalue weighted by Gasteiger charge is 2.32. The van der Waals surface area contributed by atoms with Gasteiger partial charge in [0.1, 0.15) is 22.9 Å². The Hall–Kier alpha value is -3.74. The van der Waals surface area contributed by atoms with Crippen molar-refractivity contribution in [1.29, 1.82) is 0 Å². The highest BCUT2D eigenvalue weighted by atomic mass is 32.1. The third-order valence-corrected chi connectivity index (χ3v) is 7.40. The molecular formula is C25H28N4O7S. The maximum atomic E-state index is 13.6. The molecule has 1 amide bonds. The smallest absolute Gasteiger partial charge is 0.332 e. The molecule has 11 nitrogen and oxygen atoms in total. The third-order valence-electron chi connectivity index (χ3n) is 6.10. The molecule has 0 saturated carbocycles. The minimum Gasteiger partial charge on any atom is -0.496 e. The first-order chi connectivity index (χ1) is 17.9. The Kier molecular flexibility index (Phi) is 8.21. The number of hydrogen-bond donors (Lipinski definition) is 3. The Morgan fingerprint density at radius 2 is 1.97 bits per heavy atom. The molecule has 1 unspecified atom stereocenters. The molecule has 1 atom stereocenters. The predicted octanol–water partition coefficient (Wildman–Crippen LogP) is 1.47. The quantitative estimate of drug-likeness (QED) is 0.327. The number of nitrogens with one attached hydrogen (secondary N) is 1. The number of aliphatic hydroxyl groups is 2. The number of thiophene rings is 1. The summed E-state index contributed by atoms with van der Waals surface area (Å²) in [7, 11) is 1.60. The van der Waals surface area contributed by atoms with Crippen LogP contribution >= 0.6 is 11.3 Å². The van der Waals surface area contributed by atoms with E-state index in [9.17, 15) is 14.4 Å². The van der Waals surface area contributed by atoms with Gasteiger partial charge < -0.3 is 24.7 Å². The molecule has 0 aliphatic carbocycles. The lowest BCUT2D eigenvalue weighted by atomic mass is 10.1. The molecule has 4 aromatic rings. The number of aryl methyl sites for hydroxylation is 3. The van der Waals surface area contributed by atoms with Gasteiger partial charge in [-0.3, -0.25) is 14.2 Å². The zero-order valence-corrected chi connectivity index (χ0v) is 21.3. The number of carbonyl (C=O) groups is 1. The Labute approximate surface area is 215 Å². The van der Waals surface area contributed by atoms with Crippen LogP contribution in [-0.4, -0.2) is 57.1 Å². The van der Waals surface area contributed by atoms with Crippen molar-refractivity contribution in [3.63, 3.8) is 0 Å². The number of aliphatic hydroxyl groups excluding tert-OH is 2. The van der Waals surface area contributed by atoms with Crippen LogP contribution in [0.2, 0.25) is 0 Å². The van der Waals surface area contributed by atoms with Gasteiger partial charge in [-0.15, -0.1) is 11.3 Å². The van der Waals surface area contributed by atoms with Gasteiger partial charge in [0.15, 0.2) is 0 Å². The van der Waals surface area contributed by atoms with Crippen LogP contribution < -0.4 is 21.3 Å². The number of para-hydroxylation sites is 1. The van der Waals surface area contributed by atoms with E-state index in [0.717, 1.165) is 15.9 Å². The molecule has 0 bridgehead atoms. The summed E-state index contributed by atoms with van der Waals surface area (Å²) in [5, 5.41) is 18.4. The van der Waals surface area contributed by atoms with E-state index in [4.69, 9.17) is 19.4 Å². The first kappa shape index (κ1) is 26.3. The summed E-state index contributed by atoms with van der Waals surface area (Å²) in [5.41, 5.74) is 0.667. The van der Waals surface area contributed by atoms with Crippen molar-refractivity contribution in [2.24, 2.45) is 0 Å². The lowest BCUT2D eigenvalue weighted by molar-refractivity contribution is -0.122. The van der Waals surface area contributed by atoms with Crippen LogP contribution in [0.4, 0.5) is 0 Å². The minimum absolute atomic E-state index is 0.125. The number of aromatic nitrogens is 3. The molecular weight excluding hydrogens is 500 g/mol. The van der Waals surface area contributed by atoms with Gasteiger partial charge in [-0.05, 0) is 37.0 Å². The van der Waals surface area contributed by atoms with Gasteiger partial charge in [0.05, 0.1) is 36.8 Å². The summed E-state index contributed by atoms with van der Waals surface area (Å²) >= 11 is 1.30. The van der Waals surface area contributed by atoms with Crippen molar-refractivity contribution in [3.05, 3.63) is 68.7 Å². The zero-order chi connectivity index (χ0) is 26.5. The number of methoxy groups -OCH3 is 1. The van der Waals surface area contributed by atoms with E-state index < -0.39 is 17.3 Å². The normalized spacial score (nSPS) is 14.9. The van der Waals surface area contributed by atoms with Crippen molar-refractivity contribution in [3.8, 4) is 16.5 Å². The molecule has 1 saturated heterocycles. The maximum Gasteiger partial charge on any atom is 0.332 e. The molecule has 0 radical (unpaired) electrons. The molecule has 37 heavy (non-hydrogen) atoms. The predicted molar refractivity (Wildman–Crippen MR) is 138 cm³/mol. The average Bonchev–Trinajstić information content (AvgIpc) is 3.65. The van der Waals surface area contributed by atoms with Gasteiger partial charge in [-0.1, -0.05) is 18.2 Å².